The molecule has 1 aromatic carbocycles. The highest BCUT2D eigenvalue weighted by molar-refractivity contribution is 5.94. The fraction of sp³-hybridized carbons (Fsp3) is 0.467. The topological polar surface area (TPSA) is 66.6 Å². The van der Waals surface area contributed by atoms with E-state index in [1.807, 2.05) is 36.1 Å². The first kappa shape index (κ1) is 17.5. The van der Waals surface area contributed by atoms with E-state index in [1.54, 1.807) is 4.90 Å². The van der Waals surface area contributed by atoms with E-state index in [2.05, 4.69) is 0 Å². The molecule has 0 aliphatic carbocycles. The summed E-state index contributed by atoms with van der Waals surface area (Å²) in [5.74, 6) is -0.00870. The van der Waals surface area contributed by atoms with Gasteiger partial charge < -0.3 is 15.5 Å². The van der Waals surface area contributed by atoms with Crippen molar-refractivity contribution in [2.75, 3.05) is 32.7 Å². The van der Waals surface area contributed by atoms with Crippen LogP contribution < -0.4 is 5.73 Å². The average Bonchev–Trinajstić information content (AvgIpc) is 2.71. The fourth-order valence-corrected chi connectivity index (χ4v) is 2.46. The van der Waals surface area contributed by atoms with Gasteiger partial charge in [-0.25, -0.2) is 0 Å². The molecule has 2 rings (SSSR count). The number of nitrogens with two attached hydrogens (primary N) is 1. The smallest absolute Gasteiger partial charge is 0.253 e. The van der Waals surface area contributed by atoms with Crippen molar-refractivity contribution < 1.29 is 9.59 Å². The maximum atomic E-state index is 12.4. The monoisotopic (exact) mass is 311 g/mol. The number of amides is 2. The van der Waals surface area contributed by atoms with E-state index >= 15 is 0 Å². The van der Waals surface area contributed by atoms with Gasteiger partial charge >= 0.3 is 0 Å². The maximum absolute atomic E-state index is 12.4. The lowest BCUT2D eigenvalue weighted by Gasteiger charge is -2.22. The lowest BCUT2D eigenvalue weighted by molar-refractivity contribution is -0.129. The van der Waals surface area contributed by atoms with Crippen molar-refractivity contribution in [1.82, 2.24) is 9.80 Å². The van der Waals surface area contributed by atoms with Crippen LogP contribution in [0, 0.1) is 6.92 Å². The molecule has 0 aromatic heterocycles. The molecule has 1 aromatic rings. The molecule has 6 heteroatoms. The second-order valence-electron chi connectivity index (χ2n) is 5.10. The van der Waals surface area contributed by atoms with E-state index in [9.17, 15) is 9.59 Å². The molecule has 1 heterocycles. The predicted octanol–water partition coefficient (Wildman–Crippen LogP) is 1.05. The molecule has 5 nitrogen and oxygen atoms in total. The highest BCUT2D eigenvalue weighted by Gasteiger charge is 2.22. The molecule has 0 spiro atoms. The molecule has 0 radical (unpaired) electrons. The largest absolute Gasteiger partial charge is 0.340 e. The molecule has 1 aliphatic heterocycles. The van der Waals surface area contributed by atoms with E-state index in [-0.39, 0.29) is 30.8 Å². The molecule has 0 unspecified atom stereocenters. The highest BCUT2D eigenvalue weighted by atomic mass is 35.5. The van der Waals surface area contributed by atoms with Crippen molar-refractivity contribution >= 4 is 24.2 Å². The minimum Gasteiger partial charge on any atom is -0.340 e. The zero-order valence-electron chi connectivity index (χ0n) is 12.2. The average molecular weight is 312 g/mol. The van der Waals surface area contributed by atoms with E-state index in [0.717, 1.165) is 12.0 Å². The Morgan fingerprint density at radius 2 is 1.81 bits per heavy atom. The zero-order chi connectivity index (χ0) is 14.5. The summed E-state index contributed by atoms with van der Waals surface area (Å²) in [6.45, 7) is 4.49. The summed E-state index contributed by atoms with van der Waals surface area (Å²) in [6, 6.07) is 7.60. The SMILES string of the molecule is Cc1cccc(C(=O)N2CCCN(C(=O)CN)CC2)c1.Cl. The highest BCUT2D eigenvalue weighted by Crippen LogP contribution is 2.11. The van der Waals surface area contributed by atoms with Gasteiger partial charge in [0, 0.05) is 31.7 Å². The van der Waals surface area contributed by atoms with Gasteiger partial charge in [-0.15, -0.1) is 12.4 Å². The Hall–Kier alpha value is -1.59. The summed E-state index contributed by atoms with van der Waals surface area (Å²) in [5, 5.41) is 0. The minimum absolute atomic E-state index is 0. The van der Waals surface area contributed by atoms with Crippen LogP contribution in [0.5, 0.6) is 0 Å². The summed E-state index contributed by atoms with van der Waals surface area (Å²) in [5.41, 5.74) is 7.17. The fourth-order valence-electron chi connectivity index (χ4n) is 2.46. The number of hydrogen-bond donors (Lipinski definition) is 1. The van der Waals surface area contributed by atoms with Crippen molar-refractivity contribution in [2.45, 2.75) is 13.3 Å². The molecule has 1 aliphatic rings. The third kappa shape index (κ3) is 4.44. The number of aryl methyl sites for hydroxylation is 1. The number of hydrogen-bond acceptors (Lipinski definition) is 3. The first-order chi connectivity index (χ1) is 9.61. The molecule has 1 fully saturated rings. The molecule has 116 valence electrons. The van der Waals surface area contributed by atoms with Crippen molar-refractivity contribution in [3.8, 4) is 0 Å². The van der Waals surface area contributed by atoms with Gasteiger partial charge in [0.1, 0.15) is 0 Å². The van der Waals surface area contributed by atoms with Crippen molar-refractivity contribution in [1.29, 1.82) is 0 Å². The van der Waals surface area contributed by atoms with Crippen LogP contribution in [0.1, 0.15) is 22.3 Å². The predicted molar refractivity (Wildman–Crippen MR) is 84.6 cm³/mol. The van der Waals surface area contributed by atoms with Crippen LogP contribution in [0.4, 0.5) is 0 Å². The lowest BCUT2D eigenvalue weighted by Crippen LogP contribution is -2.39. The molecule has 21 heavy (non-hydrogen) atoms. The molecule has 2 N–H and O–H groups in total. The summed E-state index contributed by atoms with van der Waals surface area (Å²) in [4.78, 5) is 27.6. The van der Waals surface area contributed by atoms with Crippen LogP contribution in [0.25, 0.3) is 0 Å². The van der Waals surface area contributed by atoms with Crippen LogP contribution in [-0.4, -0.2) is 54.3 Å². The van der Waals surface area contributed by atoms with Gasteiger partial charge in [0.2, 0.25) is 5.91 Å². The second-order valence-corrected chi connectivity index (χ2v) is 5.10. The molecule has 0 saturated carbocycles. The molecule has 0 atom stereocenters. The Morgan fingerprint density at radius 1 is 1.14 bits per heavy atom. The Kier molecular flexibility index (Phi) is 6.65. The standard InChI is InChI=1S/C15H21N3O2.ClH/c1-12-4-2-5-13(10-12)15(20)18-7-3-6-17(8-9-18)14(19)11-16;/h2,4-5,10H,3,6-9,11,16H2,1H3;1H. The Labute approximate surface area is 131 Å². The van der Waals surface area contributed by atoms with Gasteiger partial charge in [0.15, 0.2) is 0 Å². The first-order valence-corrected chi connectivity index (χ1v) is 6.95. The van der Waals surface area contributed by atoms with Gasteiger partial charge in [0.25, 0.3) is 5.91 Å². The first-order valence-electron chi connectivity index (χ1n) is 6.95. The normalized spacial score (nSPS) is 15.1. The molecule has 2 amide bonds. The number of halogens is 1. The summed E-state index contributed by atoms with van der Waals surface area (Å²) < 4.78 is 0. The summed E-state index contributed by atoms with van der Waals surface area (Å²) in [7, 11) is 0. The molecule has 0 bridgehead atoms. The van der Waals surface area contributed by atoms with Gasteiger partial charge in [0.05, 0.1) is 6.54 Å². The number of rotatable bonds is 2. The van der Waals surface area contributed by atoms with Crippen LogP contribution in [0.2, 0.25) is 0 Å². The number of carbonyl (C=O) groups is 2. The molecular weight excluding hydrogens is 290 g/mol. The van der Waals surface area contributed by atoms with Crippen molar-refractivity contribution in [3.63, 3.8) is 0 Å². The molecular formula is C15H22ClN3O2. The van der Waals surface area contributed by atoms with E-state index < -0.39 is 0 Å². The number of nitrogens with zero attached hydrogens (tertiary/aromatic N) is 2. The minimum atomic E-state index is -0.0464. The van der Waals surface area contributed by atoms with Gasteiger partial charge in [-0.05, 0) is 25.5 Å². The maximum Gasteiger partial charge on any atom is 0.253 e. The van der Waals surface area contributed by atoms with Gasteiger partial charge in [-0.2, -0.15) is 0 Å². The summed E-state index contributed by atoms with van der Waals surface area (Å²) in [6.07, 6.45) is 0.795. The quantitative estimate of drug-likeness (QED) is 0.888. The van der Waals surface area contributed by atoms with E-state index in [0.29, 0.717) is 31.7 Å². The third-order valence-electron chi connectivity index (χ3n) is 3.58. The summed E-state index contributed by atoms with van der Waals surface area (Å²) >= 11 is 0. The van der Waals surface area contributed by atoms with Crippen LogP contribution in [-0.2, 0) is 4.79 Å². The van der Waals surface area contributed by atoms with E-state index in [4.69, 9.17) is 5.73 Å². The second kappa shape index (κ2) is 8.00. The number of benzene rings is 1. The Morgan fingerprint density at radius 3 is 2.48 bits per heavy atom. The van der Waals surface area contributed by atoms with Gasteiger partial charge in [-0.1, -0.05) is 17.7 Å². The van der Waals surface area contributed by atoms with Crippen LogP contribution in [0.3, 0.4) is 0 Å². The molecule has 1 saturated heterocycles. The van der Waals surface area contributed by atoms with E-state index in [1.165, 1.54) is 0 Å². The van der Waals surface area contributed by atoms with Gasteiger partial charge in [-0.3, -0.25) is 9.59 Å². The third-order valence-corrected chi connectivity index (χ3v) is 3.58. The zero-order valence-corrected chi connectivity index (χ0v) is 13.1. The Balaban J connectivity index is 0.00000220. The Bertz CT molecular complexity index is 507. The van der Waals surface area contributed by atoms with Crippen molar-refractivity contribution in [2.24, 2.45) is 5.73 Å². The van der Waals surface area contributed by atoms with Crippen molar-refractivity contribution in [3.05, 3.63) is 35.4 Å². The van der Waals surface area contributed by atoms with Crippen LogP contribution in [0.15, 0.2) is 24.3 Å². The van der Waals surface area contributed by atoms with Crippen LogP contribution >= 0.6 is 12.4 Å². The number of carbonyl (C=O) groups excluding carboxylic acids is 2. The lowest BCUT2D eigenvalue weighted by atomic mass is 10.1.